The van der Waals surface area contributed by atoms with E-state index in [2.05, 4.69) is 10.6 Å². The number of hydrogen-bond acceptors (Lipinski definition) is 3. The number of nitrogens with one attached hydrogen (secondary N) is 2. The summed E-state index contributed by atoms with van der Waals surface area (Å²) in [6.07, 6.45) is -0.127. The largest absolute Gasteiger partial charge is 0.497 e. The maximum atomic E-state index is 11.9. The number of benzene rings is 2. The number of methoxy groups -OCH3 is 1. The van der Waals surface area contributed by atoms with Gasteiger partial charge in [-0.05, 0) is 42.7 Å². The normalized spacial score (nSPS) is 11.6. The van der Waals surface area contributed by atoms with E-state index in [-0.39, 0.29) is 6.03 Å². The lowest BCUT2D eigenvalue weighted by Gasteiger charge is -2.13. The van der Waals surface area contributed by atoms with Crippen LogP contribution in [0.4, 0.5) is 10.5 Å². The van der Waals surface area contributed by atoms with Crippen LogP contribution in [-0.4, -0.2) is 24.8 Å². The van der Waals surface area contributed by atoms with Gasteiger partial charge in [-0.15, -0.1) is 0 Å². The summed E-state index contributed by atoms with van der Waals surface area (Å²) in [7, 11) is 1.60. The molecule has 0 aliphatic rings. The first-order valence-corrected chi connectivity index (χ1v) is 7.52. The third kappa shape index (κ3) is 5.00. The number of aliphatic hydroxyl groups excluding tert-OH is 1. The van der Waals surface area contributed by atoms with Gasteiger partial charge in [0.2, 0.25) is 0 Å². The van der Waals surface area contributed by atoms with E-state index in [9.17, 15) is 9.90 Å². The Hall–Kier alpha value is -2.53. The van der Waals surface area contributed by atoms with E-state index in [0.29, 0.717) is 13.0 Å². The number of aryl methyl sites for hydroxylation is 1. The molecular weight excluding hydrogens is 292 g/mol. The van der Waals surface area contributed by atoms with Crippen molar-refractivity contribution in [2.24, 2.45) is 0 Å². The molecule has 0 fully saturated rings. The van der Waals surface area contributed by atoms with Crippen LogP contribution in [0, 0.1) is 6.92 Å². The maximum absolute atomic E-state index is 11.9. The highest BCUT2D eigenvalue weighted by Gasteiger charge is 2.09. The molecule has 23 heavy (non-hydrogen) atoms. The molecule has 0 radical (unpaired) electrons. The molecule has 0 aromatic heterocycles. The molecule has 0 saturated heterocycles. The molecule has 2 rings (SSSR count). The van der Waals surface area contributed by atoms with Gasteiger partial charge in [-0.1, -0.05) is 30.3 Å². The highest BCUT2D eigenvalue weighted by Crippen LogP contribution is 2.21. The first-order chi connectivity index (χ1) is 11.1. The van der Waals surface area contributed by atoms with Crippen molar-refractivity contribution < 1.29 is 14.6 Å². The van der Waals surface area contributed by atoms with Gasteiger partial charge in [0, 0.05) is 12.2 Å². The minimum atomic E-state index is -0.584. The van der Waals surface area contributed by atoms with Gasteiger partial charge >= 0.3 is 6.03 Å². The molecular formula is C18H22N2O3. The summed E-state index contributed by atoms with van der Waals surface area (Å²) >= 11 is 0. The molecule has 122 valence electrons. The lowest BCUT2D eigenvalue weighted by atomic mass is 10.1. The van der Waals surface area contributed by atoms with E-state index in [1.54, 1.807) is 19.2 Å². The van der Waals surface area contributed by atoms with Crippen molar-refractivity contribution in [2.45, 2.75) is 19.4 Å². The molecule has 5 nitrogen and oxygen atoms in total. The number of ether oxygens (including phenoxy) is 1. The van der Waals surface area contributed by atoms with E-state index in [0.717, 1.165) is 22.6 Å². The Labute approximate surface area is 136 Å². The lowest BCUT2D eigenvalue weighted by Crippen LogP contribution is -2.30. The Balaban J connectivity index is 1.79. The van der Waals surface area contributed by atoms with Crippen LogP contribution >= 0.6 is 0 Å². The molecule has 0 aliphatic carbocycles. The van der Waals surface area contributed by atoms with Gasteiger partial charge in [0.15, 0.2) is 0 Å². The second kappa shape index (κ2) is 8.19. The Bertz CT molecular complexity index is 644. The molecule has 0 aliphatic heterocycles. The zero-order valence-corrected chi connectivity index (χ0v) is 13.4. The van der Waals surface area contributed by atoms with Crippen LogP contribution in [0.5, 0.6) is 5.75 Å². The Morgan fingerprint density at radius 1 is 1.22 bits per heavy atom. The molecule has 2 aromatic carbocycles. The van der Waals surface area contributed by atoms with Gasteiger partial charge in [0.25, 0.3) is 0 Å². The van der Waals surface area contributed by atoms with Crippen LogP contribution in [-0.2, 0) is 0 Å². The number of aliphatic hydroxyl groups is 1. The summed E-state index contributed by atoms with van der Waals surface area (Å²) in [6, 6.07) is 14.5. The first kappa shape index (κ1) is 16.8. The summed E-state index contributed by atoms with van der Waals surface area (Å²) in [6.45, 7) is 2.29. The number of urea groups is 1. The van der Waals surface area contributed by atoms with Crippen LogP contribution < -0.4 is 15.4 Å². The molecule has 0 heterocycles. The molecule has 1 atom stereocenters. The summed E-state index contributed by atoms with van der Waals surface area (Å²) in [5.74, 6) is 0.749. The third-order valence-electron chi connectivity index (χ3n) is 3.57. The summed E-state index contributed by atoms with van der Waals surface area (Å²) < 4.78 is 5.13. The molecule has 0 bridgehead atoms. The van der Waals surface area contributed by atoms with Gasteiger partial charge in [0.1, 0.15) is 5.75 Å². The molecule has 0 spiro atoms. The maximum Gasteiger partial charge on any atom is 0.319 e. The van der Waals surface area contributed by atoms with Crippen molar-refractivity contribution in [1.82, 2.24) is 5.32 Å². The van der Waals surface area contributed by atoms with Gasteiger partial charge < -0.3 is 20.5 Å². The van der Waals surface area contributed by atoms with Crippen molar-refractivity contribution in [2.75, 3.05) is 19.0 Å². The number of hydrogen-bond donors (Lipinski definition) is 3. The predicted octanol–water partition coefficient (Wildman–Crippen LogP) is 3.25. The number of rotatable bonds is 6. The van der Waals surface area contributed by atoms with Crippen molar-refractivity contribution in [3.8, 4) is 5.75 Å². The van der Waals surface area contributed by atoms with E-state index < -0.39 is 6.10 Å². The molecule has 3 N–H and O–H groups in total. The Morgan fingerprint density at radius 2 is 1.96 bits per heavy atom. The fraction of sp³-hybridized carbons (Fsp3) is 0.278. The average molecular weight is 314 g/mol. The summed E-state index contributed by atoms with van der Waals surface area (Å²) in [5.41, 5.74) is 2.50. The average Bonchev–Trinajstić information content (AvgIpc) is 2.57. The number of carbonyl (C=O) groups excluding carboxylic acids is 1. The second-order valence-corrected chi connectivity index (χ2v) is 5.28. The van der Waals surface area contributed by atoms with Crippen LogP contribution in [0.25, 0.3) is 0 Å². The lowest BCUT2D eigenvalue weighted by molar-refractivity contribution is 0.167. The monoisotopic (exact) mass is 314 g/mol. The SMILES string of the molecule is COc1ccc(NC(=O)NCCC(O)c2ccccc2)c(C)c1. The smallest absolute Gasteiger partial charge is 0.319 e. The number of anilines is 1. The topological polar surface area (TPSA) is 70.6 Å². The Morgan fingerprint density at radius 3 is 2.61 bits per heavy atom. The van der Waals surface area contributed by atoms with Gasteiger partial charge in [0.05, 0.1) is 13.2 Å². The zero-order valence-electron chi connectivity index (χ0n) is 13.4. The minimum Gasteiger partial charge on any atom is -0.497 e. The van der Waals surface area contributed by atoms with Gasteiger partial charge in [-0.25, -0.2) is 4.79 Å². The van der Waals surface area contributed by atoms with Crippen LogP contribution in [0.1, 0.15) is 23.7 Å². The van der Waals surface area contributed by atoms with Crippen LogP contribution in [0.15, 0.2) is 48.5 Å². The zero-order chi connectivity index (χ0) is 16.7. The molecule has 0 saturated carbocycles. The van der Waals surface area contributed by atoms with E-state index in [1.165, 1.54) is 0 Å². The predicted molar refractivity (Wildman–Crippen MR) is 90.8 cm³/mol. The highest BCUT2D eigenvalue weighted by atomic mass is 16.5. The standard InChI is InChI=1S/C18H22N2O3/c1-13-12-15(23-2)8-9-16(13)20-18(22)19-11-10-17(21)14-6-4-3-5-7-14/h3-9,12,17,21H,10-11H2,1-2H3,(H2,19,20,22). The number of amides is 2. The fourth-order valence-electron chi connectivity index (χ4n) is 2.23. The molecule has 1 unspecified atom stereocenters. The Kier molecular flexibility index (Phi) is 6.00. The van der Waals surface area contributed by atoms with Crippen molar-refractivity contribution >= 4 is 11.7 Å². The summed E-state index contributed by atoms with van der Waals surface area (Å²) in [4.78, 5) is 11.9. The molecule has 2 amide bonds. The van der Waals surface area contributed by atoms with Gasteiger partial charge in [-0.3, -0.25) is 0 Å². The fourth-order valence-corrected chi connectivity index (χ4v) is 2.23. The van der Waals surface area contributed by atoms with Crippen LogP contribution in [0.3, 0.4) is 0 Å². The minimum absolute atomic E-state index is 0.293. The molecule has 2 aromatic rings. The van der Waals surface area contributed by atoms with Crippen molar-refractivity contribution in [3.05, 3.63) is 59.7 Å². The van der Waals surface area contributed by atoms with Crippen molar-refractivity contribution in [3.63, 3.8) is 0 Å². The number of carbonyl (C=O) groups is 1. The van der Waals surface area contributed by atoms with E-state index >= 15 is 0 Å². The second-order valence-electron chi connectivity index (χ2n) is 5.28. The molecule has 5 heteroatoms. The van der Waals surface area contributed by atoms with Crippen molar-refractivity contribution in [1.29, 1.82) is 0 Å². The van der Waals surface area contributed by atoms with Gasteiger partial charge in [-0.2, -0.15) is 0 Å². The van der Waals surface area contributed by atoms with E-state index in [1.807, 2.05) is 43.3 Å². The van der Waals surface area contributed by atoms with Crippen LogP contribution in [0.2, 0.25) is 0 Å². The quantitative estimate of drug-likeness (QED) is 0.766. The highest BCUT2D eigenvalue weighted by molar-refractivity contribution is 5.90. The summed E-state index contributed by atoms with van der Waals surface area (Å²) in [5, 5.41) is 15.6. The van der Waals surface area contributed by atoms with E-state index in [4.69, 9.17) is 4.74 Å². The first-order valence-electron chi connectivity index (χ1n) is 7.52. The third-order valence-corrected chi connectivity index (χ3v) is 3.57.